The molecule has 13 heavy (non-hydrogen) atoms. The van der Waals surface area contributed by atoms with E-state index in [9.17, 15) is 0 Å². The van der Waals surface area contributed by atoms with Crippen LogP contribution in [0.4, 0.5) is 5.69 Å². The molecule has 0 aliphatic carbocycles. The minimum atomic E-state index is 0.527. The molecule has 1 rings (SSSR count). The Bertz CT molecular complexity index is 302. The maximum Gasteiger partial charge on any atom is 0.139 e. The van der Waals surface area contributed by atoms with Gasteiger partial charge in [0.1, 0.15) is 5.75 Å². The third kappa shape index (κ3) is 2.42. The highest BCUT2D eigenvalue weighted by Crippen LogP contribution is 2.33. The molecular formula is C9H10Cl2NO. The molecule has 0 aliphatic heterocycles. The summed E-state index contributed by atoms with van der Waals surface area (Å²) in [5.74, 6) is 0.571. The molecule has 0 saturated heterocycles. The molecule has 1 radical (unpaired) electrons. The highest BCUT2D eigenvalue weighted by Gasteiger charge is 2.07. The summed E-state index contributed by atoms with van der Waals surface area (Å²) >= 11 is 11.8. The minimum Gasteiger partial charge on any atom is -0.495 e. The van der Waals surface area contributed by atoms with Crippen LogP contribution in [0.1, 0.15) is 6.92 Å². The fourth-order valence-electron chi connectivity index (χ4n) is 0.966. The Balaban J connectivity index is 3.05. The standard InChI is InChI=1S/C9H10Cl2NO/c1-3-12-8-4-7(11)9(13-2)5-6(8)10/h4-5H,3H2,1-2H3. The first-order valence-corrected chi connectivity index (χ1v) is 4.65. The zero-order chi connectivity index (χ0) is 9.84. The largest absolute Gasteiger partial charge is 0.495 e. The summed E-state index contributed by atoms with van der Waals surface area (Å²) in [6, 6.07) is 3.37. The van der Waals surface area contributed by atoms with Crippen LogP contribution >= 0.6 is 23.2 Å². The first-order valence-electron chi connectivity index (χ1n) is 3.89. The molecule has 71 valence electrons. The summed E-state index contributed by atoms with van der Waals surface area (Å²) in [6.45, 7) is 2.62. The third-order valence-electron chi connectivity index (χ3n) is 1.55. The molecule has 0 amide bonds. The maximum atomic E-state index is 5.93. The van der Waals surface area contributed by atoms with Crippen LogP contribution in [-0.4, -0.2) is 13.7 Å². The fourth-order valence-corrected chi connectivity index (χ4v) is 1.41. The van der Waals surface area contributed by atoms with Crippen LogP contribution in [0.15, 0.2) is 12.1 Å². The molecule has 0 unspecified atom stereocenters. The van der Waals surface area contributed by atoms with Crippen molar-refractivity contribution in [2.75, 3.05) is 13.7 Å². The van der Waals surface area contributed by atoms with Gasteiger partial charge in [-0.15, -0.1) is 0 Å². The quantitative estimate of drug-likeness (QED) is 0.765. The molecule has 4 heteroatoms. The van der Waals surface area contributed by atoms with Crippen LogP contribution in [0.25, 0.3) is 0 Å². The summed E-state index contributed by atoms with van der Waals surface area (Å²) in [5, 5.41) is 5.26. The number of halogens is 2. The monoisotopic (exact) mass is 218 g/mol. The van der Waals surface area contributed by atoms with Crippen molar-refractivity contribution in [2.24, 2.45) is 0 Å². The van der Waals surface area contributed by atoms with Gasteiger partial charge in [-0.05, 0) is 13.0 Å². The second kappa shape index (κ2) is 4.58. The van der Waals surface area contributed by atoms with Gasteiger partial charge in [0.05, 0.1) is 22.8 Å². The molecule has 0 spiro atoms. The van der Waals surface area contributed by atoms with Crippen LogP contribution in [0.3, 0.4) is 0 Å². The summed E-state index contributed by atoms with van der Waals surface area (Å²) in [7, 11) is 1.55. The number of hydrogen-bond donors (Lipinski definition) is 0. The highest BCUT2D eigenvalue weighted by molar-refractivity contribution is 6.36. The molecule has 0 fully saturated rings. The van der Waals surface area contributed by atoms with E-state index in [0.29, 0.717) is 28.0 Å². The first kappa shape index (κ1) is 10.5. The van der Waals surface area contributed by atoms with E-state index in [4.69, 9.17) is 27.9 Å². The predicted molar refractivity (Wildman–Crippen MR) is 55.3 cm³/mol. The van der Waals surface area contributed by atoms with Crippen LogP contribution in [0.2, 0.25) is 10.0 Å². The zero-order valence-corrected chi connectivity index (χ0v) is 8.99. The van der Waals surface area contributed by atoms with Crippen LogP contribution in [0.5, 0.6) is 5.75 Å². The Morgan fingerprint density at radius 3 is 2.54 bits per heavy atom. The SMILES string of the molecule is CC[N]c1cc(Cl)c(OC)cc1Cl. The van der Waals surface area contributed by atoms with Crippen LogP contribution < -0.4 is 10.1 Å². The van der Waals surface area contributed by atoms with Crippen LogP contribution in [-0.2, 0) is 0 Å². The predicted octanol–water partition coefficient (Wildman–Crippen LogP) is 3.26. The molecule has 2 nitrogen and oxygen atoms in total. The zero-order valence-electron chi connectivity index (χ0n) is 7.47. The summed E-state index contributed by atoms with van der Waals surface area (Å²) in [4.78, 5) is 0. The van der Waals surface area contributed by atoms with Gasteiger partial charge in [0.2, 0.25) is 0 Å². The Morgan fingerprint density at radius 1 is 1.31 bits per heavy atom. The molecule has 1 aromatic rings. The van der Waals surface area contributed by atoms with E-state index >= 15 is 0 Å². The lowest BCUT2D eigenvalue weighted by molar-refractivity contribution is 0.415. The van der Waals surface area contributed by atoms with E-state index in [1.54, 1.807) is 19.2 Å². The van der Waals surface area contributed by atoms with E-state index in [1.165, 1.54) is 0 Å². The molecule has 0 N–H and O–H groups in total. The van der Waals surface area contributed by atoms with Crippen molar-refractivity contribution in [3.8, 4) is 5.75 Å². The lowest BCUT2D eigenvalue weighted by Crippen LogP contribution is -1.96. The van der Waals surface area contributed by atoms with Crippen molar-refractivity contribution < 1.29 is 4.74 Å². The summed E-state index contributed by atoms with van der Waals surface area (Å²) < 4.78 is 5.00. The Hall–Kier alpha value is -0.600. The molecule has 0 atom stereocenters. The van der Waals surface area contributed by atoms with Gasteiger partial charge in [0, 0.05) is 12.6 Å². The van der Waals surface area contributed by atoms with Crippen molar-refractivity contribution in [3.63, 3.8) is 0 Å². The van der Waals surface area contributed by atoms with Crippen molar-refractivity contribution in [1.82, 2.24) is 5.32 Å². The molecule has 0 heterocycles. The van der Waals surface area contributed by atoms with Gasteiger partial charge in [0.15, 0.2) is 0 Å². The number of nitrogens with zero attached hydrogens (tertiary/aromatic N) is 1. The van der Waals surface area contributed by atoms with Gasteiger partial charge in [-0.2, -0.15) is 0 Å². The third-order valence-corrected chi connectivity index (χ3v) is 2.15. The Morgan fingerprint density at radius 2 is 2.00 bits per heavy atom. The Kier molecular flexibility index (Phi) is 3.70. The molecule has 0 aliphatic rings. The van der Waals surface area contributed by atoms with Gasteiger partial charge >= 0.3 is 0 Å². The number of ether oxygens (including phenoxy) is 1. The molecule has 1 aromatic carbocycles. The van der Waals surface area contributed by atoms with Gasteiger partial charge in [-0.25, -0.2) is 0 Å². The second-order valence-corrected chi connectivity index (χ2v) is 3.23. The van der Waals surface area contributed by atoms with E-state index in [0.717, 1.165) is 0 Å². The number of methoxy groups -OCH3 is 1. The lowest BCUT2D eigenvalue weighted by Gasteiger charge is -2.07. The number of benzene rings is 1. The smallest absolute Gasteiger partial charge is 0.139 e. The van der Waals surface area contributed by atoms with Crippen molar-refractivity contribution in [2.45, 2.75) is 6.92 Å². The molecule has 0 bridgehead atoms. The molecule has 0 aromatic heterocycles. The lowest BCUT2D eigenvalue weighted by atomic mass is 10.3. The van der Waals surface area contributed by atoms with E-state index in [1.807, 2.05) is 6.92 Å². The summed E-state index contributed by atoms with van der Waals surface area (Å²) in [5.41, 5.74) is 0.704. The van der Waals surface area contributed by atoms with E-state index < -0.39 is 0 Å². The van der Waals surface area contributed by atoms with Crippen molar-refractivity contribution >= 4 is 28.9 Å². The average molecular weight is 219 g/mol. The highest BCUT2D eigenvalue weighted by atomic mass is 35.5. The second-order valence-electron chi connectivity index (χ2n) is 2.41. The minimum absolute atomic E-state index is 0.527. The number of rotatable bonds is 3. The summed E-state index contributed by atoms with van der Waals surface area (Å²) in [6.07, 6.45) is 0. The van der Waals surface area contributed by atoms with E-state index in [2.05, 4.69) is 5.32 Å². The first-order chi connectivity index (χ1) is 6.19. The van der Waals surface area contributed by atoms with Gasteiger partial charge in [-0.1, -0.05) is 23.2 Å². The fraction of sp³-hybridized carbons (Fsp3) is 0.333. The Labute approximate surface area is 87.8 Å². The van der Waals surface area contributed by atoms with Gasteiger partial charge < -0.3 is 4.74 Å². The molecule has 0 saturated carbocycles. The average Bonchev–Trinajstić information content (AvgIpc) is 2.11. The normalized spacial score (nSPS) is 9.85. The van der Waals surface area contributed by atoms with Crippen LogP contribution in [0, 0.1) is 0 Å². The van der Waals surface area contributed by atoms with E-state index in [-0.39, 0.29) is 0 Å². The maximum absolute atomic E-state index is 5.93. The van der Waals surface area contributed by atoms with Gasteiger partial charge in [-0.3, -0.25) is 5.32 Å². The number of hydrogen-bond acceptors (Lipinski definition) is 1. The van der Waals surface area contributed by atoms with Crippen molar-refractivity contribution in [1.29, 1.82) is 0 Å². The van der Waals surface area contributed by atoms with Gasteiger partial charge in [0.25, 0.3) is 0 Å². The topological polar surface area (TPSA) is 23.3 Å². The molecular weight excluding hydrogens is 209 g/mol. The van der Waals surface area contributed by atoms with Crippen molar-refractivity contribution in [3.05, 3.63) is 22.2 Å².